The number of rotatable bonds is 4. The lowest BCUT2D eigenvalue weighted by Gasteiger charge is -2.20. The molecule has 0 atom stereocenters. The van der Waals surface area contributed by atoms with E-state index in [-0.39, 0.29) is 9.86 Å². The predicted octanol–water partition coefficient (Wildman–Crippen LogP) is 6.31. The van der Waals surface area contributed by atoms with Crippen LogP contribution in [-0.2, 0) is 0 Å². The van der Waals surface area contributed by atoms with Crippen LogP contribution < -0.4 is 4.90 Å². The Morgan fingerprint density at radius 1 is 1.06 bits per heavy atom. The Kier molecular flexibility index (Phi) is 4.77. The van der Waals surface area contributed by atoms with Crippen LogP contribution in [-0.4, -0.2) is 32.9 Å². The van der Waals surface area contributed by atoms with Gasteiger partial charge in [0, 0.05) is 28.8 Å². The molecule has 5 nitrogen and oxygen atoms in total. The minimum Gasteiger partial charge on any atom is -0.454 e. The molecule has 0 spiro atoms. The van der Waals surface area contributed by atoms with Crippen LogP contribution in [0.1, 0.15) is 44.0 Å². The molecule has 0 radical (unpaired) electrons. The number of furan rings is 1. The number of para-hydroxylation sites is 1. The van der Waals surface area contributed by atoms with Crippen LogP contribution in [0.2, 0.25) is 0 Å². The van der Waals surface area contributed by atoms with Crippen LogP contribution in [0, 0.1) is 0 Å². The average Bonchev–Trinajstić information content (AvgIpc) is 3.49. The van der Waals surface area contributed by atoms with Gasteiger partial charge in [0.1, 0.15) is 11.3 Å². The van der Waals surface area contributed by atoms with Crippen molar-refractivity contribution in [2.75, 3.05) is 11.9 Å². The highest BCUT2D eigenvalue weighted by Crippen LogP contribution is 2.38. The van der Waals surface area contributed by atoms with E-state index in [4.69, 9.17) is 14.4 Å². The fourth-order valence-corrected chi connectivity index (χ4v) is 4.45. The molecule has 158 valence electrons. The van der Waals surface area contributed by atoms with E-state index < -0.39 is 0 Å². The molecule has 2 heterocycles. The lowest BCUT2D eigenvalue weighted by Crippen LogP contribution is -2.22. The molecule has 0 unspecified atom stereocenters. The maximum absolute atomic E-state index is 12.7. The number of benzene rings is 2. The first kappa shape index (κ1) is 20.1. The van der Waals surface area contributed by atoms with E-state index in [1.165, 1.54) is 11.8 Å². The summed E-state index contributed by atoms with van der Waals surface area (Å²) in [6.45, 7) is 6.12. The van der Waals surface area contributed by atoms with Crippen molar-refractivity contribution in [3.8, 4) is 11.5 Å². The Balaban J connectivity index is 1.63. The second-order valence-electron chi connectivity index (χ2n) is 9.09. The van der Waals surface area contributed by atoms with E-state index in [2.05, 4.69) is 11.9 Å². The summed E-state index contributed by atoms with van der Waals surface area (Å²) < 4.78 is 5.99. The molecule has 6 heteroatoms. The molecular weight excluding hydrogens is 406 g/mol. The predicted molar refractivity (Wildman–Crippen MR) is 128 cm³/mol. The van der Waals surface area contributed by atoms with Crippen LogP contribution in [0.3, 0.4) is 0 Å². The number of carbonyl (C=O) groups excluding carboxylic acids is 1. The fourth-order valence-electron chi connectivity index (χ4n) is 3.65. The molecule has 0 saturated heterocycles. The van der Waals surface area contributed by atoms with Gasteiger partial charge in [-0.3, -0.25) is 4.79 Å². The summed E-state index contributed by atoms with van der Waals surface area (Å²) in [5.74, 6) is 1.50. The molecule has 0 amide bonds. The lowest BCUT2D eigenvalue weighted by molar-refractivity contribution is 0.108. The van der Waals surface area contributed by atoms with E-state index >= 15 is 0 Å². The quantitative estimate of drug-likeness (QED) is 0.377. The zero-order valence-electron chi connectivity index (χ0n) is 18.2. The van der Waals surface area contributed by atoms with E-state index in [9.17, 15) is 4.79 Å². The molecule has 4 aromatic rings. The topological polar surface area (TPSA) is 59.2 Å². The lowest BCUT2D eigenvalue weighted by atomic mass is 10.2. The largest absolute Gasteiger partial charge is 0.454 e. The van der Waals surface area contributed by atoms with Gasteiger partial charge >= 0.3 is 0 Å². The maximum atomic E-state index is 12.7. The molecule has 0 bridgehead atoms. The highest BCUT2D eigenvalue weighted by atomic mass is 32.2. The van der Waals surface area contributed by atoms with E-state index in [0.717, 1.165) is 46.4 Å². The molecule has 31 heavy (non-hydrogen) atoms. The van der Waals surface area contributed by atoms with Crippen LogP contribution in [0.4, 0.5) is 5.82 Å². The van der Waals surface area contributed by atoms with Crippen LogP contribution in [0.5, 0.6) is 0 Å². The van der Waals surface area contributed by atoms with Crippen molar-refractivity contribution in [1.82, 2.24) is 9.97 Å². The first-order valence-electron chi connectivity index (χ1n) is 10.6. The Labute approximate surface area is 185 Å². The van der Waals surface area contributed by atoms with Crippen LogP contribution >= 0.6 is 11.8 Å². The van der Waals surface area contributed by atoms with Gasteiger partial charge in [-0.1, -0.05) is 50.7 Å². The van der Waals surface area contributed by atoms with Gasteiger partial charge in [0.25, 0.3) is 0 Å². The number of nitrogens with zero attached hydrogens (tertiary/aromatic N) is 3. The van der Waals surface area contributed by atoms with Crippen molar-refractivity contribution in [2.45, 2.75) is 44.4 Å². The summed E-state index contributed by atoms with van der Waals surface area (Å²) in [6, 6.07) is 16.0. The third-order valence-corrected chi connectivity index (χ3v) is 6.40. The first-order valence-corrected chi connectivity index (χ1v) is 11.4. The molecule has 1 aliphatic rings. The van der Waals surface area contributed by atoms with Crippen molar-refractivity contribution >= 4 is 44.7 Å². The van der Waals surface area contributed by atoms with Crippen LogP contribution in [0.15, 0.2) is 52.9 Å². The summed E-state index contributed by atoms with van der Waals surface area (Å²) in [7, 11) is 2.06. The van der Waals surface area contributed by atoms with Gasteiger partial charge in [-0.15, -0.1) is 0 Å². The summed E-state index contributed by atoms with van der Waals surface area (Å²) in [5, 5.41) is 1.09. The second-order valence-corrected chi connectivity index (χ2v) is 10.9. The van der Waals surface area contributed by atoms with Crippen molar-refractivity contribution in [3.05, 3.63) is 54.1 Å². The first-order chi connectivity index (χ1) is 14.8. The highest BCUT2D eigenvalue weighted by Gasteiger charge is 2.30. The normalized spacial score (nSPS) is 14.3. The maximum Gasteiger partial charge on any atom is 0.219 e. The van der Waals surface area contributed by atoms with Gasteiger partial charge in [-0.25, -0.2) is 9.97 Å². The number of carbonyl (C=O) groups is 1. The Morgan fingerprint density at radius 2 is 1.84 bits per heavy atom. The Bertz CT molecular complexity index is 1270. The number of thioether (sulfide) groups is 1. The standard InChI is InChI=1S/C25H25N3O2S/c1-25(2,3)31-24(29)16-9-12-18-19(13-16)27-23(28(4)17-10-11-17)22(26-18)21-14-15-7-5-6-8-20(15)30-21/h5-9,12-14,17H,10-11H2,1-4H3. The van der Waals surface area contributed by atoms with Crippen molar-refractivity contribution in [3.63, 3.8) is 0 Å². The SMILES string of the molecule is CN(c1nc2cc(C(=O)SC(C)(C)C)ccc2nc1-c1cc2ccccc2o1)C1CC1. The minimum absolute atomic E-state index is 0.0506. The van der Waals surface area contributed by atoms with Gasteiger partial charge in [0.05, 0.1) is 11.0 Å². The van der Waals surface area contributed by atoms with Gasteiger partial charge in [0.15, 0.2) is 11.6 Å². The summed E-state index contributed by atoms with van der Waals surface area (Å²) >= 11 is 1.33. The third kappa shape index (κ3) is 4.04. The number of hydrogen-bond donors (Lipinski definition) is 0. The molecule has 0 N–H and O–H groups in total. The molecule has 1 saturated carbocycles. The van der Waals surface area contributed by atoms with Crippen molar-refractivity contribution in [2.24, 2.45) is 0 Å². The fraction of sp³-hybridized carbons (Fsp3) is 0.320. The number of fused-ring (bicyclic) bond motifs is 2. The average molecular weight is 432 g/mol. The second kappa shape index (κ2) is 7.38. The third-order valence-electron chi connectivity index (χ3n) is 5.37. The summed E-state index contributed by atoms with van der Waals surface area (Å²) in [5.41, 5.74) is 3.70. The van der Waals surface area contributed by atoms with Gasteiger partial charge in [0.2, 0.25) is 5.12 Å². The smallest absolute Gasteiger partial charge is 0.219 e. The van der Waals surface area contributed by atoms with Crippen molar-refractivity contribution in [1.29, 1.82) is 0 Å². The molecular formula is C25H25N3O2S. The van der Waals surface area contributed by atoms with Gasteiger partial charge in [-0.05, 0) is 43.2 Å². The molecule has 5 rings (SSSR count). The highest BCUT2D eigenvalue weighted by molar-refractivity contribution is 8.15. The number of hydrogen-bond acceptors (Lipinski definition) is 6. The van der Waals surface area contributed by atoms with E-state index in [1.807, 2.05) is 69.3 Å². The molecule has 2 aromatic heterocycles. The Morgan fingerprint density at radius 3 is 2.55 bits per heavy atom. The molecule has 1 fully saturated rings. The zero-order valence-corrected chi connectivity index (χ0v) is 19.0. The summed E-state index contributed by atoms with van der Waals surface area (Å²) in [4.78, 5) is 24.8. The minimum atomic E-state index is -0.139. The number of anilines is 1. The molecule has 2 aromatic carbocycles. The van der Waals surface area contributed by atoms with E-state index in [1.54, 1.807) is 0 Å². The summed E-state index contributed by atoms with van der Waals surface area (Å²) in [6.07, 6.45) is 2.30. The van der Waals surface area contributed by atoms with Gasteiger partial charge < -0.3 is 9.32 Å². The van der Waals surface area contributed by atoms with Gasteiger partial charge in [-0.2, -0.15) is 0 Å². The zero-order chi connectivity index (χ0) is 21.8. The number of aromatic nitrogens is 2. The molecule has 1 aliphatic carbocycles. The van der Waals surface area contributed by atoms with E-state index in [0.29, 0.717) is 17.4 Å². The van der Waals surface area contributed by atoms with Crippen molar-refractivity contribution < 1.29 is 9.21 Å². The van der Waals surface area contributed by atoms with Crippen LogP contribution in [0.25, 0.3) is 33.5 Å². The monoisotopic (exact) mass is 431 g/mol. The molecule has 0 aliphatic heterocycles. The Hall–Kier alpha value is -2.86.